The maximum Gasteiger partial charge on any atom is 0.259 e. The zero-order valence-electron chi connectivity index (χ0n) is 15.1. The second-order valence-corrected chi connectivity index (χ2v) is 9.41. The molecule has 1 unspecified atom stereocenters. The number of rotatable bonds is 1. The lowest BCUT2D eigenvalue weighted by Gasteiger charge is -2.25. The Morgan fingerprint density at radius 3 is 2.80 bits per heavy atom. The molecule has 0 radical (unpaired) electrons. The van der Waals surface area contributed by atoms with Gasteiger partial charge in [-0.2, -0.15) is 0 Å². The molecule has 0 spiro atoms. The maximum atomic E-state index is 12.7. The highest BCUT2D eigenvalue weighted by Gasteiger charge is 2.34. The number of likely N-dealkylation sites (tertiary alicyclic amines) is 1. The fourth-order valence-corrected chi connectivity index (χ4v) is 5.29. The van der Waals surface area contributed by atoms with Gasteiger partial charge in [-0.1, -0.05) is 20.8 Å². The summed E-state index contributed by atoms with van der Waals surface area (Å²) >= 11 is 1.69. The number of nitrogens with zero attached hydrogens (tertiary/aromatic N) is 2. The molecular weight excluding hydrogens is 334 g/mol. The van der Waals surface area contributed by atoms with Crippen LogP contribution in [0.1, 0.15) is 62.2 Å². The lowest BCUT2D eigenvalue weighted by Crippen LogP contribution is -2.37. The maximum absolute atomic E-state index is 12.7. The fourth-order valence-electron chi connectivity index (χ4n) is 4.02. The summed E-state index contributed by atoms with van der Waals surface area (Å²) in [4.78, 5) is 37.2. The number of aromatic amines is 1. The molecule has 2 aliphatic rings. The molecule has 0 saturated carbocycles. The minimum absolute atomic E-state index is 0.00000193. The number of hydrogen-bond acceptors (Lipinski definition) is 4. The molecule has 5 nitrogen and oxygen atoms in total. The number of aryl methyl sites for hydroxylation is 2. The average Bonchev–Trinajstić information content (AvgIpc) is 3.17. The van der Waals surface area contributed by atoms with Crippen molar-refractivity contribution < 1.29 is 4.79 Å². The number of hydrogen-bond donors (Lipinski definition) is 1. The van der Waals surface area contributed by atoms with Crippen LogP contribution in [0, 0.1) is 5.41 Å². The molecule has 1 N–H and O–H groups in total. The van der Waals surface area contributed by atoms with Crippen molar-refractivity contribution in [3.63, 3.8) is 0 Å². The summed E-state index contributed by atoms with van der Waals surface area (Å²) in [7, 11) is 0. The third kappa shape index (κ3) is 2.90. The largest absolute Gasteiger partial charge is 0.341 e. The molecular formula is C19H25N3O2S. The van der Waals surface area contributed by atoms with Crippen molar-refractivity contribution in [2.45, 2.75) is 58.8 Å². The van der Waals surface area contributed by atoms with Gasteiger partial charge in [0, 0.05) is 29.3 Å². The van der Waals surface area contributed by atoms with E-state index in [1.165, 1.54) is 16.9 Å². The molecule has 2 aromatic rings. The summed E-state index contributed by atoms with van der Waals surface area (Å²) < 4.78 is 0. The zero-order valence-corrected chi connectivity index (χ0v) is 16.0. The van der Waals surface area contributed by atoms with Crippen LogP contribution in [0.3, 0.4) is 0 Å². The van der Waals surface area contributed by atoms with Crippen LogP contribution in [-0.4, -0.2) is 33.9 Å². The van der Waals surface area contributed by atoms with Crippen molar-refractivity contribution in [1.29, 1.82) is 0 Å². The first-order valence-corrected chi connectivity index (χ1v) is 10.00. The molecule has 3 heterocycles. The van der Waals surface area contributed by atoms with E-state index in [0.29, 0.717) is 6.54 Å². The van der Waals surface area contributed by atoms with E-state index in [1.54, 1.807) is 11.3 Å². The summed E-state index contributed by atoms with van der Waals surface area (Å²) in [5.74, 6) is 1.05. The van der Waals surface area contributed by atoms with Crippen molar-refractivity contribution in [1.82, 2.24) is 14.9 Å². The monoisotopic (exact) mass is 359 g/mol. The standard InChI is InChI=1S/C19H25N3O2S/c1-19(2,3)18(24)22-9-8-11(10-22)15-20-16(23)14-12-6-4-5-7-13(12)25-17(14)21-15/h11H,4-10H2,1-3H3,(H,20,21,23). The van der Waals surface area contributed by atoms with Crippen molar-refractivity contribution in [3.8, 4) is 0 Å². The highest BCUT2D eigenvalue weighted by molar-refractivity contribution is 7.18. The first-order valence-electron chi connectivity index (χ1n) is 9.18. The molecule has 6 heteroatoms. The summed E-state index contributed by atoms with van der Waals surface area (Å²) in [6.07, 6.45) is 5.30. The number of H-pyrrole nitrogens is 1. The van der Waals surface area contributed by atoms with E-state index in [4.69, 9.17) is 4.98 Å². The van der Waals surface area contributed by atoms with E-state index in [-0.39, 0.29) is 22.8 Å². The molecule has 1 fully saturated rings. The van der Waals surface area contributed by atoms with E-state index in [0.717, 1.165) is 48.3 Å². The molecule has 25 heavy (non-hydrogen) atoms. The lowest BCUT2D eigenvalue weighted by molar-refractivity contribution is -0.138. The first-order chi connectivity index (χ1) is 11.8. The zero-order chi connectivity index (χ0) is 17.8. The van der Waals surface area contributed by atoms with Gasteiger partial charge in [0.1, 0.15) is 10.7 Å². The van der Waals surface area contributed by atoms with Crippen LogP contribution < -0.4 is 5.56 Å². The van der Waals surface area contributed by atoms with Gasteiger partial charge in [0.25, 0.3) is 5.56 Å². The van der Waals surface area contributed by atoms with Crippen LogP contribution in [0.5, 0.6) is 0 Å². The highest BCUT2D eigenvalue weighted by Crippen LogP contribution is 2.35. The third-order valence-corrected chi connectivity index (χ3v) is 6.53. The number of nitrogens with one attached hydrogen (secondary N) is 1. The Morgan fingerprint density at radius 2 is 2.04 bits per heavy atom. The minimum atomic E-state index is -0.369. The Bertz CT molecular complexity index is 890. The topological polar surface area (TPSA) is 66.1 Å². The van der Waals surface area contributed by atoms with Crippen LogP contribution >= 0.6 is 11.3 Å². The van der Waals surface area contributed by atoms with Gasteiger partial charge < -0.3 is 9.88 Å². The summed E-state index contributed by atoms with van der Waals surface area (Å²) in [6, 6.07) is 0. The predicted octanol–water partition coefficient (Wildman–Crippen LogP) is 3.23. The third-order valence-electron chi connectivity index (χ3n) is 5.35. The Balaban J connectivity index is 1.65. The van der Waals surface area contributed by atoms with E-state index in [9.17, 15) is 9.59 Å². The summed E-state index contributed by atoms with van der Waals surface area (Å²) in [5.41, 5.74) is 0.856. The minimum Gasteiger partial charge on any atom is -0.341 e. The Labute approximate surface area is 151 Å². The van der Waals surface area contributed by atoms with Gasteiger partial charge in [-0.3, -0.25) is 9.59 Å². The number of carbonyl (C=O) groups excluding carboxylic acids is 1. The van der Waals surface area contributed by atoms with Gasteiger partial charge in [0.15, 0.2) is 0 Å². The summed E-state index contributed by atoms with van der Waals surface area (Å²) in [5, 5.41) is 0.809. The van der Waals surface area contributed by atoms with Gasteiger partial charge in [0.05, 0.1) is 5.39 Å². The second-order valence-electron chi connectivity index (χ2n) is 8.33. The normalized spacial score (nSPS) is 20.9. The smallest absolute Gasteiger partial charge is 0.259 e. The molecule has 0 aromatic carbocycles. The Morgan fingerprint density at radius 1 is 1.28 bits per heavy atom. The lowest BCUT2D eigenvalue weighted by atomic mass is 9.95. The summed E-state index contributed by atoms with van der Waals surface area (Å²) in [6.45, 7) is 7.24. The van der Waals surface area contributed by atoms with Crippen LogP contribution in [0.4, 0.5) is 0 Å². The quantitative estimate of drug-likeness (QED) is 0.850. The van der Waals surface area contributed by atoms with E-state index in [1.807, 2.05) is 25.7 Å². The van der Waals surface area contributed by atoms with Crippen molar-refractivity contribution in [3.05, 3.63) is 26.6 Å². The number of amides is 1. The molecule has 134 valence electrons. The van der Waals surface area contributed by atoms with Gasteiger partial charge >= 0.3 is 0 Å². The molecule has 1 saturated heterocycles. The molecule has 0 bridgehead atoms. The van der Waals surface area contributed by atoms with Gasteiger partial charge in [-0.05, 0) is 37.7 Å². The van der Waals surface area contributed by atoms with Gasteiger partial charge in [-0.25, -0.2) is 4.98 Å². The predicted molar refractivity (Wildman–Crippen MR) is 100 cm³/mol. The van der Waals surface area contributed by atoms with E-state index < -0.39 is 0 Å². The second kappa shape index (κ2) is 5.94. The fraction of sp³-hybridized carbons (Fsp3) is 0.632. The molecule has 1 amide bonds. The number of carbonyl (C=O) groups is 1. The average molecular weight is 359 g/mol. The van der Waals surface area contributed by atoms with Crippen LogP contribution in [0.25, 0.3) is 10.2 Å². The molecule has 4 rings (SSSR count). The highest BCUT2D eigenvalue weighted by atomic mass is 32.1. The SMILES string of the molecule is CC(C)(C)C(=O)N1CCC(c2nc3sc4c(c3c(=O)[nH]2)CCCC4)C1. The molecule has 1 aliphatic heterocycles. The molecule has 1 aliphatic carbocycles. The number of thiophene rings is 1. The van der Waals surface area contributed by atoms with Crippen molar-refractivity contribution in [2.75, 3.05) is 13.1 Å². The van der Waals surface area contributed by atoms with Crippen LogP contribution in [-0.2, 0) is 17.6 Å². The van der Waals surface area contributed by atoms with Crippen LogP contribution in [0.2, 0.25) is 0 Å². The Hall–Kier alpha value is -1.69. The number of fused-ring (bicyclic) bond motifs is 3. The van der Waals surface area contributed by atoms with Crippen LogP contribution in [0.15, 0.2) is 4.79 Å². The van der Waals surface area contributed by atoms with Gasteiger partial charge in [0.2, 0.25) is 5.91 Å². The molecule has 2 aromatic heterocycles. The first kappa shape index (κ1) is 16.8. The van der Waals surface area contributed by atoms with E-state index >= 15 is 0 Å². The Kier molecular flexibility index (Phi) is 3.98. The molecule has 1 atom stereocenters. The van der Waals surface area contributed by atoms with Crippen molar-refractivity contribution >= 4 is 27.5 Å². The van der Waals surface area contributed by atoms with Crippen molar-refractivity contribution in [2.24, 2.45) is 5.41 Å². The van der Waals surface area contributed by atoms with Gasteiger partial charge in [-0.15, -0.1) is 11.3 Å². The van der Waals surface area contributed by atoms with E-state index in [2.05, 4.69) is 4.98 Å². The number of aromatic nitrogens is 2.